The number of rotatable bonds is 2. The summed E-state index contributed by atoms with van der Waals surface area (Å²) < 4.78 is 0. The number of hydrogen-bond donors (Lipinski definition) is 0. The minimum absolute atomic E-state index is 0.886. The maximum Gasteiger partial charge on any atom is 0.00125 e. The van der Waals surface area contributed by atoms with Crippen LogP contribution in [-0.4, -0.2) is 24.5 Å². The second kappa shape index (κ2) is 6.47. The summed E-state index contributed by atoms with van der Waals surface area (Å²) in [7, 11) is 0. The van der Waals surface area contributed by atoms with E-state index >= 15 is 0 Å². The van der Waals surface area contributed by atoms with Crippen molar-refractivity contribution in [2.75, 3.05) is 19.6 Å². The molecule has 0 aromatic heterocycles. The Morgan fingerprint density at radius 3 is 2.17 bits per heavy atom. The fourth-order valence-corrected chi connectivity index (χ4v) is 1.69. The second-order valence-electron chi connectivity index (χ2n) is 3.69. The predicted molar refractivity (Wildman–Crippen MR) is 56.4 cm³/mol. The molecule has 0 aromatic carbocycles. The van der Waals surface area contributed by atoms with Crippen molar-refractivity contribution >= 4 is 0 Å². The van der Waals surface area contributed by atoms with E-state index in [4.69, 9.17) is 0 Å². The Kier molecular flexibility index (Phi) is 6.45. The highest BCUT2D eigenvalue weighted by Gasteiger charge is 2.22. The summed E-state index contributed by atoms with van der Waals surface area (Å²) in [5.74, 6) is 1.86. The molecule has 0 aliphatic carbocycles. The molecule has 0 aromatic rings. The molecular formula is C11H25N. The van der Waals surface area contributed by atoms with Crippen LogP contribution in [0.1, 0.15) is 41.0 Å². The van der Waals surface area contributed by atoms with E-state index < -0.39 is 0 Å². The van der Waals surface area contributed by atoms with Crippen molar-refractivity contribution in [3.05, 3.63) is 0 Å². The van der Waals surface area contributed by atoms with Crippen molar-refractivity contribution in [3.63, 3.8) is 0 Å². The van der Waals surface area contributed by atoms with E-state index in [2.05, 4.69) is 25.7 Å². The van der Waals surface area contributed by atoms with Gasteiger partial charge >= 0.3 is 0 Å². The summed E-state index contributed by atoms with van der Waals surface area (Å²) in [6.07, 6.45) is 1.42. The average molecular weight is 171 g/mol. The van der Waals surface area contributed by atoms with Gasteiger partial charge in [-0.2, -0.15) is 0 Å². The maximum atomic E-state index is 2.55. The van der Waals surface area contributed by atoms with Gasteiger partial charge in [0.1, 0.15) is 0 Å². The molecule has 0 N–H and O–H groups in total. The van der Waals surface area contributed by atoms with E-state index in [0.29, 0.717) is 0 Å². The van der Waals surface area contributed by atoms with E-state index in [-0.39, 0.29) is 0 Å². The van der Waals surface area contributed by atoms with Crippen LogP contribution in [-0.2, 0) is 0 Å². The Bertz CT molecular complexity index is 99.2. The van der Waals surface area contributed by atoms with Crippen molar-refractivity contribution in [1.82, 2.24) is 4.90 Å². The first-order valence-corrected chi connectivity index (χ1v) is 5.46. The molecule has 1 nitrogen and oxygen atoms in total. The lowest BCUT2D eigenvalue weighted by Crippen LogP contribution is -2.21. The summed E-state index contributed by atoms with van der Waals surface area (Å²) in [6.45, 7) is 14.8. The van der Waals surface area contributed by atoms with E-state index in [1.807, 2.05) is 13.8 Å². The summed E-state index contributed by atoms with van der Waals surface area (Å²) in [4.78, 5) is 2.55. The van der Waals surface area contributed by atoms with Gasteiger partial charge in [0.2, 0.25) is 0 Å². The van der Waals surface area contributed by atoms with Crippen molar-refractivity contribution in [3.8, 4) is 0 Å². The Morgan fingerprint density at radius 2 is 1.92 bits per heavy atom. The van der Waals surface area contributed by atoms with Gasteiger partial charge in [-0.25, -0.2) is 0 Å². The van der Waals surface area contributed by atoms with Crippen molar-refractivity contribution in [2.24, 2.45) is 11.8 Å². The van der Waals surface area contributed by atoms with Crippen molar-refractivity contribution in [1.29, 1.82) is 0 Å². The SMILES string of the molecule is CC.CCN1CC[C@@H](C(C)C)C1. The first-order chi connectivity index (χ1) is 5.74. The molecule has 1 atom stereocenters. The van der Waals surface area contributed by atoms with Crippen LogP contribution in [0.2, 0.25) is 0 Å². The van der Waals surface area contributed by atoms with Crippen molar-refractivity contribution < 1.29 is 0 Å². The number of nitrogens with zero attached hydrogens (tertiary/aromatic N) is 1. The summed E-state index contributed by atoms with van der Waals surface area (Å²) in [6, 6.07) is 0. The number of hydrogen-bond acceptors (Lipinski definition) is 1. The Hall–Kier alpha value is -0.0400. The van der Waals surface area contributed by atoms with Crippen LogP contribution in [0.25, 0.3) is 0 Å². The molecule has 0 unspecified atom stereocenters. The van der Waals surface area contributed by atoms with Crippen LogP contribution in [0, 0.1) is 11.8 Å². The van der Waals surface area contributed by atoms with Crippen LogP contribution >= 0.6 is 0 Å². The lowest BCUT2D eigenvalue weighted by Gasteiger charge is -2.15. The normalized spacial score (nSPS) is 24.0. The topological polar surface area (TPSA) is 3.24 Å². The Balaban J connectivity index is 0.000000561. The molecule has 1 saturated heterocycles. The summed E-state index contributed by atoms with van der Waals surface area (Å²) >= 11 is 0. The fourth-order valence-electron chi connectivity index (χ4n) is 1.69. The van der Waals surface area contributed by atoms with Gasteiger partial charge in [0.15, 0.2) is 0 Å². The van der Waals surface area contributed by atoms with Crippen LogP contribution < -0.4 is 0 Å². The molecule has 0 bridgehead atoms. The van der Waals surface area contributed by atoms with E-state index in [1.165, 1.54) is 26.1 Å². The molecule has 1 fully saturated rings. The van der Waals surface area contributed by atoms with E-state index in [1.54, 1.807) is 0 Å². The minimum atomic E-state index is 0.886. The molecule has 0 radical (unpaired) electrons. The molecule has 1 aliphatic heterocycles. The molecule has 1 heteroatoms. The van der Waals surface area contributed by atoms with Crippen LogP contribution in [0.15, 0.2) is 0 Å². The Morgan fingerprint density at radius 1 is 1.33 bits per heavy atom. The lowest BCUT2D eigenvalue weighted by atomic mass is 9.95. The largest absolute Gasteiger partial charge is 0.303 e. The van der Waals surface area contributed by atoms with Gasteiger partial charge in [-0.1, -0.05) is 34.6 Å². The zero-order chi connectivity index (χ0) is 9.56. The van der Waals surface area contributed by atoms with Gasteiger partial charge in [0, 0.05) is 6.54 Å². The maximum absolute atomic E-state index is 2.55. The Labute approximate surface area is 78.1 Å². The van der Waals surface area contributed by atoms with E-state index in [9.17, 15) is 0 Å². The highest BCUT2D eigenvalue weighted by atomic mass is 15.1. The third-order valence-corrected chi connectivity index (χ3v) is 2.70. The van der Waals surface area contributed by atoms with Gasteiger partial charge in [-0.3, -0.25) is 0 Å². The van der Waals surface area contributed by atoms with Gasteiger partial charge in [0.05, 0.1) is 0 Å². The molecule has 1 rings (SSSR count). The molecule has 0 spiro atoms. The molecule has 0 saturated carbocycles. The third kappa shape index (κ3) is 3.57. The second-order valence-corrected chi connectivity index (χ2v) is 3.69. The highest BCUT2D eigenvalue weighted by Crippen LogP contribution is 2.22. The summed E-state index contributed by atoms with van der Waals surface area (Å²) in [5, 5.41) is 0. The average Bonchev–Trinajstić information content (AvgIpc) is 2.55. The first-order valence-electron chi connectivity index (χ1n) is 5.46. The number of likely N-dealkylation sites (tertiary alicyclic amines) is 1. The predicted octanol–water partition coefficient (Wildman–Crippen LogP) is 3.01. The molecule has 1 heterocycles. The zero-order valence-electron chi connectivity index (χ0n) is 9.43. The zero-order valence-corrected chi connectivity index (χ0v) is 9.43. The van der Waals surface area contributed by atoms with E-state index in [0.717, 1.165) is 11.8 Å². The smallest absolute Gasteiger partial charge is 0.00125 e. The van der Waals surface area contributed by atoms with Gasteiger partial charge in [-0.15, -0.1) is 0 Å². The van der Waals surface area contributed by atoms with Gasteiger partial charge in [0.25, 0.3) is 0 Å². The van der Waals surface area contributed by atoms with Crippen LogP contribution in [0.3, 0.4) is 0 Å². The van der Waals surface area contributed by atoms with Gasteiger partial charge in [-0.05, 0) is 31.3 Å². The molecule has 74 valence electrons. The van der Waals surface area contributed by atoms with Crippen LogP contribution in [0.5, 0.6) is 0 Å². The third-order valence-electron chi connectivity index (χ3n) is 2.70. The highest BCUT2D eigenvalue weighted by molar-refractivity contribution is 4.76. The summed E-state index contributed by atoms with van der Waals surface area (Å²) in [5.41, 5.74) is 0. The molecule has 12 heavy (non-hydrogen) atoms. The lowest BCUT2D eigenvalue weighted by molar-refractivity contribution is 0.317. The van der Waals surface area contributed by atoms with Crippen molar-refractivity contribution in [2.45, 2.75) is 41.0 Å². The fraction of sp³-hybridized carbons (Fsp3) is 1.00. The monoisotopic (exact) mass is 171 g/mol. The molecule has 0 amide bonds. The molecular weight excluding hydrogens is 146 g/mol. The van der Waals surface area contributed by atoms with Gasteiger partial charge < -0.3 is 4.90 Å². The van der Waals surface area contributed by atoms with Crippen LogP contribution in [0.4, 0.5) is 0 Å². The first kappa shape index (κ1) is 12.0. The minimum Gasteiger partial charge on any atom is -0.303 e. The quantitative estimate of drug-likeness (QED) is 0.617. The molecule has 1 aliphatic rings. The standard InChI is InChI=1S/C9H19N.C2H6/c1-4-10-6-5-9(7-10)8(2)3;1-2/h8-9H,4-7H2,1-3H3;1-2H3/t9-;/m1./s1.